The summed E-state index contributed by atoms with van der Waals surface area (Å²) < 4.78 is 17.4. The van der Waals surface area contributed by atoms with Crippen molar-refractivity contribution in [1.29, 1.82) is 0 Å². The number of carbonyl (C=O) groups is 4. The first-order valence-electron chi connectivity index (χ1n) is 13.1. The zero-order valence-electron chi connectivity index (χ0n) is 23.4. The SMILES string of the molecule is C=C1[C@@H](OC(C)=O)[C@@H](O)C[C@@]2(C)C[C@H](OC(C)=O)C3=C(C)C[C@H](OC(=O)C(C)C(C)=O)[C@@H](C[C@H]12)C3(C)C. The van der Waals surface area contributed by atoms with Crippen molar-refractivity contribution in [2.75, 3.05) is 0 Å². The highest BCUT2D eigenvalue weighted by molar-refractivity contribution is 5.97. The summed E-state index contributed by atoms with van der Waals surface area (Å²) in [7, 11) is 0. The van der Waals surface area contributed by atoms with Crippen molar-refractivity contribution in [3.8, 4) is 0 Å². The van der Waals surface area contributed by atoms with Crippen molar-refractivity contribution < 1.29 is 38.5 Å². The normalized spacial score (nSPS) is 35.9. The highest BCUT2D eigenvalue weighted by Crippen LogP contribution is 2.60. The van der Waals surface area contributed by atoms with Gasteiger partial charge in [-0.1, -0.05) is 32.9 Å². The molecule has 0 spiro atoms. The van der Waals surface area contributed by atoms with Crippen LogP contribution in [0.25, 0.3) is 0 Å². The topological polar surface area (TPSA) is 116 Å². The van der Waals surface area contributed by atoms with E-state index >= 15 is 0 Å². The molecule has 2 saturated carbocycles. The molecule has 8 nitrogen and oxygen atoms in total. The molecule has 206 valence electrons. The third-order valence-electron chi connectivity index (χ3n) is 9.01. The summed E-state index contributed by atoms with van der Waals surface area (Å²) in [6.45, 7) is 18.1. The van der Waals surface area contributed by atoms with Gasteiger partial charge in [0.25, 0.3) is 0 Å². The summed E-state index contributed by atoms with van der Waals surface area (Å²) in [5, 5.41) is 11.0. The molecule has 0 heterocycles. The molecule has 8 atom stereocenters. The number of ketones is 1. The van der Waals surface area contributed by atoms with E-state index in [1.807, 2.05) is 6.92 Å². The Morgan fingerprint density at radius 2 is 1.59 bits per heavy atom. The molecule has 0 radical (unpaired) electrons. The van der Waals surface area contributed by atoms with Crippen molar-refractivity contribution in [2.24, 2.45) is 28.6 Å². The van der Waals surface area contributed by atoms with Gasteiger partial charge in [-0.25, -0.2) is 0 Å². The van der Waals surface area contributed by atoms with Gasteiger partial charge >= 0.3 is 17.9 Å². The van der Waals surface area contributed by atoms with E-state index < -0.39 is 59.1 Å². The van der Waals surface area contributed by atoms with Gasteiger partial charge in [-0.05, 0) is 67.9 Å². The standard InChI is InChI=1S/C29H42O8/c1-14-10-23(37-27(34)15(2)17(4)30)21-11-20-16(3)26(36-19(6)32)22(33)12-29(20,9)13-24(35-18(5)31)25(14)28(21,7)8/h15,20-24,26,33H,3,10-13H2,1-2,4-9H3/t15?,20-,21-,22+,23+,24+,26-,29+/m1/s1. The molecule has 3 rings (SSSR count). The summed E-state index contributed by atoms with van der Waals surface area (Å²) in [6, 6.07) is 0. The molecule has 2 fully saturated rings. The van der Waals surface area contributed by atoms with Gasteiger partial charge in [0.05, 0.1) is 6.10 Å². The fourth-order valence-corrected chi connectivity index (χ4v) is 7.14. The molecule has 0 aromatic carbocycles. The van der Waals surface area contributed by atoms with Crippen LogP contribution in [0.4, 0.5) is 0 Å². The average Bonchev–Trinajstić information content (AvgIpc) is 2.73. The quantitative estimate of drug-likeness (QED) is 0.250. The number of ether oxygens (including phenoxy) is 3. The summed E-state index contributed by atoms with van der Waals surface area (Å²) in [6.07, 6.45) is -0.966. The lowest BCUT2D eigenvalue weighted by Gasteiger charge is -2.57. The lowest BCUT2D eigenvalue weighted by molar-refractivity contribution is -0.167. The Hall–Kier alpha value is -2.48. The van der Waals surface area contributed by atoms with Crippen LogP contribution in [-0.4, -0.2) is 53.2 Å². The molecule has 1 unspecified atom stereocenters. The zero-order valence-corrected chi connectivity index (χ0v) is 23.4. The highest BCUT2D eigenvalue weighted by atomic mass is 16.6. The molecule has 0 saturated heterocycles. The molecule has 37 heavy (non-hydrogen) atoms. The van der Waals surface area contributed by atoms with Crippen LogP contribution in [-0.2, 0) is 33.4 Å². The predicted molar refractivity (Wildman–Crippen MR) is 136 cm³/mol. The van der Waals surface area contributed by atoms with Gasteiger partial charge in [0.2, 0.25) is 0 Å². The molecular weight excluding hydrogens is 476 g/mol. The van der Waals surface area contributed by atoms with Gasteiger partial charge in [0.15, 0.2) is 0 Å². The molecule has 2 bridgehead atoms. The van der Waals surface area contributed by atoms with E-state index in [9.17, 15) is 24.3 Å². The Morgan fingerprint density at radius 1 is 1.00 bits per heavy atom. The monoisotopic (exact) mass is 518 g/mol. The van der Waals surface area contributed by atoms with Crippen molar-refractivity contribution in [3.63, 3.8) is 0 Å². The lowest BCUT2D eigenvalue weighted by atomic mass is 9.51. The maximum atomic E-state index is 12.9. The Morgan fingerprint density at radius 3 is 2.14 bits per heavy atom. The maximum Gasteiger partial charge on any atom is 0.316 e. The number of Topliss-reactive ketones (excluding diaryl/α,β-unsaturated/α-hetero) is 1. The number of esters is 3. The van der Waals surface area contributed by atoms with Crippen molar-refractivity contribution in [1.82, 2.24) is 0 Å². The summed E-state index contributed by atoms with van der Waals surface area (Å²) >= 11 is 0. The number of aliphatic hydroxyl groups excluding tert-OH is 1. The second-order valence-corrected chi connectivity index (χ2v) is 12.2. The third kappa shape index (κ3) is 5.54. The zero-order chi connectivity index (χ0) is 28.0. The van der Waals surface area contributed by atoms with Gasteiger partial charge in [-0.15, -0.1) is 0 Å². The minimum absolute atomic E-state index is 0.193. The smallest absolute Gasteiger partial charge is 0.316 e. The van der Waals surface area contributed by atoms with Gasteiger partial charge in [0.1, 0.15) is 30.0 Å². The molecule has 8 heteroatoms. The summed E-state index contributed by atoms with van der Waals surface area (Å²) in [5.41, 5.74) is 1.59. The van der Waals surface area contributed by atoms with Crippen LogP contribution >= 0.6 is 0 Å². The van der Waals surface area contributed by atoms with Crippen LogP contribution in [0.3, 0.4) is 0 Å². The molecule has 0 aromatic rings. The molecule has 0 amide bonds. The first kappa shape index (κ1) is 29.1. The molecule has 0 aromatic heterocycles. The minimum atomic E-state index is -0.942. The van der Waals surface area contributed by atoms with Crippen LogP contribution in [0.15, 0.2) is 23.3 Å². The van der Waals surface area contributed by atoms with E-state index in [1.54, 1.807) is 6.92 Å². The number of hydrogen-bond donors (Lipinski definition) is 1. The van der Waals surface area contributed by atoms with Crippen molar-refractivity contribution in [2.45, 2.75) is 105 Å². The van der Waals surface area contributed by atoms with E-state index in [0.29, 0.717) is 31.3 Å². The number of aliphatic hydroxyl groups is 1. The fraction of sp³-hybridized carbons (Fsp3) is 0.724. The van der Waals surface area contributed by atoms with Crippen LogP contribution in [0.2, 0.25) is 0 Å². The minimum Gasteiger partial charge on any atom is -0.461 e. The van der Waals surface area contributed by atoms with E-state index in [2.05, 4.69) is 27.4 Å². The van der Waals surface area contributed by atoms with E-state index in [1.165, 1.54) is 20.8 Å². The first-order chi connectivity index (χ1) is 17.0. The highest BCUT2D eigenvalue weighted by Gasteiger charge is 2.57. The Labute approximate surface area is 219 Å². The predicted octanol–water partition coefficient (Wildman–Crippen LogP) is 4.09. The summed E-state index contributed by atoms with van der Waals surface area (Å²) in [4.78, 5) is 48.8. The second-order valence-electron chi connectivity index (χ2n) is 12.2. The Kier molecular flexibility index (Phi) is 8.14. The summed E-state index contributed by atoms with van der Waals surface area (Å²) in [5.74, 6) is -2.96. The molecular formula is C29H42O8. The lowest BCUT2D eigenvalue weighted by Crippen LogP contribution is -2.55. The molecule has 3 aliphatic rings. The van der Waals surface area contributed by atoms with Gasteiger partial charge in [0, 0.05) is 26.2 Å². The van der Waals surface area contributed by atoms with Gasteiger partial charge < -0.3 is 19.3 Å². The van der Waals surface area contributed by atoms with Crippen LogP contribution < -0.4 is 0 Å². The van der Waals surface area contributed by atoms with Crippen LogP contribution in [0, 0.1) is 28.6 Å². The Balaban J connectivity index is 2.13. The second kappa shape index (κ2) is 10.4. The molecule has 3 aliphatic carbocycles. The number of rotatable bonds is 5. The van der Waals surface area contributed by atoms with Crippen molar-refractivity contribution in [3.05, 3.63) is 23.3 Å². The third-order valence-corrected chi connectivity index (χ3v) is 9.01. The number of carbonyl (C=O) groups excluding carboxylic acids is 4. The molecule has 0 aliphatic heterocycles. The van der Waals surface area contributed by atoms with E-state index in [-0.39, 0.29) is 17.6 Å². The van der Waals surface area contributed by atoms with Crippen LogP contribution in [0.5, 0.6) is 0 Å². The van der Waals surface area contributed by atoms with E-state index in [4.69, 9.17) is 14.2 Å². The maximum absolute atomic E-state index is 12.9. The van der Waals surface area contributed by atoms with Crippen LogP contribution in [0.1, 0.15) is 81.1 Å². The van der Waals surface area contributed by atoms with Gasteiger partial charge in [-0.2, -0.15) is 0 Å². The first-order valence-corrected chi connectivity index (χ1v) is 13.1. The van der Waals surface area contributed by atoms with Gasteiger partial charge in [-0.3, -0.25) is 19.2 Å². The molecule has 1 N–H and O–H groups in total. The largest absolute Gasteiger partial charge is 0.461 e. The van der Waals surface area contributed by atoms with Crippen molar-refractivity contribution >= 4 is 23.7 Å². The van der Waals surface area contributed by atoms with E-state index in [0.717, 1.165) is 11.1 Å². The Bertz CT molecular complexity index is 1020. The fourth-order valence-electron chi connectivity index (χ4n) is 7.14. The number of fused-ring (bicyclic) bond motifs is 3. The number of hydrogen-bond acceptors (Lipinski definition) is 8. The average molecular weight is 519 g/mol.